The number of amides is 1. The molecule has 0 saturated heterocycles. The Morgan fingerprint density at radius 3 is 2.35 bits per heavy atom. The second-order valence-corrected chi connectivity index (χ2v) is 7.27. The minimum atomic E-state index is -0.480. The molecule has 0 fully saturated rings. The zero-order chi connectivity index (χ0) is 17.1. The van der Waals surface area contributed by atoms with E-state index in [2.05, 4.69) is 19.9 Å². The molecule has 0 radical (unpaired) electrons. The summed E-state index contributed by atoms with van der Waals surface area (Å²) >= 11 is 0. The molecule has 2 N–H and O–H groups in total. The molecule has 0 unspecified atom stereocenters. The number of nitrogens with zero attached hydrogens (tertiary/aromatic N) is 1. The first-order valence-electron chi connectivity index (χ1n) is 8.72. The standard InChI is InChI=1S/C19H30N2O2/c1-5-11-19(12-6-2)15-9-7-8-10-16(15)21(17(22)23-19)14-13-18(3,4)20/h7-10H,5-6,11-14,20H2,1-4H3. The van der Waals surface area contributed by atoms with E-state index in [4.69, 9.17) is 10.5 Å². The number of ether oxygens (including phenoxy) is 1. The fourth-order valence-electron chi connectivity index (χ4n) is 3.39. The van der Waals surface area contributed by atoms with Gasteiger partial charge in [0.25, 0.3) is 0 Å². The van der Waals surface area contributed by atoms with Gasteiger partial charge in [-0.1, -0.05) is 44.9 Å². The number of hydrogen-bond donors (Lipinski definition) is 1. The fraction of sp³-hybridized carbons (Fsp3) is 0.632. The lowest BCUT2D eigenvalue weighted by molar-refractivity contribution is -0.00970. The molecule has 0 aliphatic carbocycles. The third-order valence-electron chi connectivity index (χ3n) is 4.48. The Balaban J connectivity index is 2.40. The van der Waals surface area contributed by atoms with Crippen molar-refractivity contribution >= 4 is 11.8 Å². The Kier molecular flexibility index (Phi) is 5.35. The van der Waals surface area contributed by atoms with Gasteiger partial charge >= 0.3 is 6.09 Å². The minimum absolute atomic E-state index is 0.241. The molecule has 2 rings (SSSR count). The van der Waals surface area contributed by atoms with E-state index >= 15 is 0 Å². The van der Waals surface area contributed by atoms with Crippen LogP contribution in [0.2, 0.25) is 0 Å². The molecule has 0 spiro atoms. The maximum Gasteiger partial charge on any atom is 0.415 e. The second-order valence-electron chi connectivity index (χ2n) is 7.27. The summed E-state index contributed by atoms with van der Waals surface area (Å²) in [4.78, 5) is 14.4. The van der Waals surface area contributed by atoms with Crippen LogP contribution >= 0.6 is 0 Å². The summed E-state index contributed by atoms with van der Waals surface area (Å²) in [5, 5.41) is 0. The molecule has 1 amide bonds. The first kappa shape index (κ1) is 17.8. The molecule has 0 saturated carbocycles. The van der Waals surface area contributed by atoms with Gasteiger partial charge in [-0.3, -0.25) is 4.90 Å². The summed E-state index contributed by atoms with van der Waals surface area (Å²) in [6.45, 7) is 8.81. The van der Waals surface area contributed by atoms with Crippen molar-refractivity contribution in [2.24, 2.45) is 5.73 Å². The number of carbonyl (C=O) groups is 1. The summed E-state index contributed by atoms with van der Waals surface area (Å²) in [6, 6.07) is 8.15. The molecule has 23 heavy (non-hydrogen) atoms. The van der Waals surface area contributed by atoms with Crippen molar-refractivity contribution in [2.45, 2.75) is 70.9 Å². The topological polar surface area (TPSA) is 55.6 Å². The Morgan fingerprint density at radius 1 is 1.17 bits per heavy atom. The summed E-state index contributed by atoms with van der Waals surface area (Å²) in [5.74, 6) is 0. The Morgan fingerprint density at radius 2 is 1.78 bits per heavy atom. The van der Waals surface area contributed by atoms with Crippen LogP contribution in [0.4, 0.5) is 10.5 Å². The van der Waals surface area contributed by atoms with Crippen LogP contribution in [0, 0.1) is 0 Å². The molecule has 1 heterocycles. The molecule has 0 bridgehead atoms. The highest BCUT2D eigenvalue weighted by Gasteiger charge is 2.43. The van der Waals surface area contributed by atoms with Crippen LogP contribution in [0.25, 0.3) is 0 Å². The van der Waals surface area contributed by atoms with Gasteiger partial charge in [0.2, 0.25) is 0 Å². The number of hydrogen-bond acceptors (Lipinski definition) is 3. The van der Waals surface area contributed by atoms with Gasteiger partial charge in [-0.25, -0.2) is 4.79 Å². The molecule has 1 aliphatic rings. The van der Waals surface area contributed by atoms with Crippen molar-refractivity contribution in [3.63, 3.8) is 0 Å². The van der Waals surface area contributed by atoms with Gasteiger partial charge in [-0.2, -0.15) is 0 Å². The summed E-state index contributed by atoms with van der Waals surface area (Å²) in [5.41, 5.74) is 7.42. The number of anilines is 1. The molecule has 1 aromatic rings. The molecule has 1 aromatic carbocycles. The predicted octanol–water partition coefficient (Wildman–Crippen LogP) is 4.57. The largest absolute Gasteiger partial charge is 0.438 e. The molecule has 0 aromatic heterocycles. The summed E-state index contributed by atoms with van der Waals surface area (Å²) in [7, 11) is 0. The lowest BCUT2D eigenvalue weighted by Gasteiger charge is -2.43. The maximum atomic E-state index is 12.7. The van der Waals surface area contributed by atoms with Gasteiger partial charge in [0, 0.05) is 17.6 Å². The third-order valence-corrected chi connectivity index (χ3v) is 4.48. The quantitative estimate of drug-likeness (QED) is 0.801. The van der Waals surface area contributed by atoms with Crippen molar-refractivity contribution in [3.05, 3.63) is 29.8 Å². The lowest BCUT2D eigenvalue weighted by Crippen LogP contribution is -2.48. The van der Waals surface area contributed by atoms with Crippen LogP contribution < -0.4 is 10.6 Å². The average Bonchev–Trinajstić information content (AvgIpc) is 2.46. The number of carbonyl (C=O) groups excluding carboxylic acids is 1. The van der Waals surface area contributed by atoms with Gasteiger partial charge < -0.3 is 10.5 Å². The number of para-hydroxylation sites is 1. The van der Waals surface area contributed by atoms with Crippen LogP contribution in [-0.4, -0.2) is 18.2 Å². The normalized spacial score (nSPS) is 16.9. The van der Waals surface area contributed by atoms with Crippen molar-refractivity contribution in [2.75, 3.05) is 11.4 Å². The van der Waals surface area contributed by atoms with E-state index in [0.29, 0.717) is 6.54 Å². The molecule has 1 aliphatic heterocycles. The van der Waals surface area contributed by atoms with Gasteiger partial charge in [0.05, 0.1) is 5.69 Å². The van der Waals surface area contributed by atoms with Crippen molar-refractivity contribution in [1.82, 2.24) is 0 Å². The van der Waals surface area contributed by atoms with E-state index in [1.165, 1.54) is 0 Å². The average molecular weight is 318 g/mol. The number of rotatable bonds is 7. The van der Waals surface area contributed by atoms with Crippen LogP contribution in [0.5, 0.6) is 0 Å². The minimum Gasteiger partial charge on any atom is -0.438 e. The van der Waals surface area contributed by atoms with Gasteiger partial charge in [-0.05, 0) is 39.2 Å². The Hall–Kier alpha value is -1.55. The van der Waals surface area contributed by atoms with Crippen LogP contribution in [0.15, 0.2) is 24.3 Å². The van der Waals surface area contributed by atoms with Crippen LogP contribution in [0.1, 0.15) is 65.4 Å². The Bertz CT molecular complexity index is 543. The first-order valence-corrected chi connectivity index (χ1v) is 8.72. The summed E-state index contributed by atoms with van der Waals surface area (Å²) < 4.78 is 6.01. The summed E-state index contributed by atoms with van der Waals surface area (Å²) in [6.07, 6.45) is 4.18. The zero-order valence-electron chi connectivity index (χ0n) is 14.9. The molecule has 4 nitrogen and oxygen atoms in total. The fourth-order valence-corrected chi connectivity index (χ4v) is 3.39. The SMILES string of the molecule is CCCC1(CCC)OC(=O)N(CCC(C)(C)N)c2ccccc21. The lowest BCUT2D eigenvalue weighted by atomic mass is 9.82. The highest BCUT2D eigenvalue weighted by molar-refractivity contribution is 5.91. The van der Waals surface area contributed by atoms with E-state index < -0.39 is 5.60 Å². The number of nitrogens with two attached hydrogens (primary N) is 1. The molecule has 4 heteroatoms. The predicted molar refractivity (Wildman–Crippen MR) is 94.6 cm³/mol. The number of benzene rings is 1. The molecule has 128 valence electrons. The van der Waals surface area contributed by atoms with Gasteiger partial charge in [0.1, 0.15) is 5.60 Å². The van der Waals surface area contributed by atoms with E-state index in [1.807, 2.05) is 32.0 Å². The van der Waals surface area contributed by atoms with Crippen LogP contribution in [-0.2, 0) is 10.3 Å². The van der Waals surface area contributed by atoms with Gasteiger partial charge in [0.15, 0.2) is 0 Å². The molecular weight excluding hydrogens is 288 g/mol. The zero-order valence-corrected chi connectivity index (χ0v) is 14.9. The van der Waals surface area contributed by atoms with Crippen molar-refractivity contribution < 1.29 is 9.53 Å². The monoisotopic (exact) mass is 318 g/mol. The second kappa shape index (κ2) is 6.91. The first-order chi connectivity index (χ1) is 10.8. The van der Waals surface area contributed by atoms with Crippen LogP contribution in [0.3, 0.4) is 0 Å². The van der Waals surface area contributed by atoms with Gasteiger partial charge in [-0.15, -0.1) is 0 Å². The molecular formula is C19H30N2O2. The smallest absolute Gasteiger partial charge is 0.415 e. The van der Waals surface area contributed by atoms with E-state index in [9.17, 15) is 4.79 Å². The van der Waals surface area contributed by atoms with Crippen molar-refractivity contribution in [1.29, 1.82) is 0 Å². The van der Waals surface area contributed by atoms with E-state index in [0.717, 1.165) is 43.4 Å². The Labute approximate surface area is 140 Å². The third kappa shape index (κ3) is 3.86. The maximum absolute atomic E-state index is 12.7. The number of fused-ring (bicyclic) bond motifs is 1. The number of cyclic esters (lactones) is 1. The van der Waals surface area contributed by atoms with E-state index in [1.54, 1.807) is 4.90 Å². The molecule has 0 atom stereocenters. The highest BCUT2D eigenvalue weighted by atomic mass is 16.6. The van der Waals surface area contributed by atoms with Crippen molar-refractivity contribution in [3.8, 4) is 0 Å². The van der Waals surface area contributed by atoms with E-state index in [-0.39, 0.29) is 11.6 Å². The highest BCUT2D eigenvalue weighted by Crippen LogP contribution is 2.45.